The molecule has 0 atom stereocenters. The van der Waals surface area contributed by atoms with Crippen molar-refractivity contribution in [3.05, 3.63) is 315 Å². The second-order valence-electron chi connectivity index (χ2n) is 24.3. The van der Waals surface area contributed by atoms with Crippen LogP contribution in [0.3, 0.4) is 0 Å². The summed E-state index contributed by atoms with van der Waals surface area (Å²) >= 11 is 0. The Morgan fingerprint density at radius 2 is 0.484 bits per heavy atom. The van der Waals surface area contributed by atoms with Gasteiger partial charge in [0.15, 0.2) is 19.7 Å². The van der Waals surface area contributed by atoms with Crippen LogP contribution in [0.5, 0.6) is 0 Å². The summed E-state index contributed by atoms with van der Waals surface area (Å²) in [5, 5.41) is 9.51. The van der Waals surface area contributed by atoms with Crippen LogP contribution in [0.4, 0.5) is 0 Å². The Balaban J connectivity index is 0.780. The predicted octanol–water partition coefficient (Wildman–Crippen LogP) is 15.7. The van der Waals surface area contributed by atoms with E-state index in [9.17, 15) is 0 Å². The lowest BCUT2D eigenvalue weighted by Crippen LogP contribution is -2.74. The monoisotopic (exact) mass is 1230 g/mol. The van der Waals surface area contributed by atoms with Crippen molar-refractivity contribution in [1.82, 2.24) is 57.0 Å². The molecule has 0 aliphatic rings. The van der Waals surface area contributed by atoms with E-state index in [1.54, 1.807) is 0 Å². The minimum Gasteiger partial charge on any atom is -0.294 e. The average Bonchev–Trinajstić information content (AvgIpc) is 1.73. The first-order valence-corrected chi connectivity index (χ1v) is 33.9. The number of fused-ring (bicyclic) bond motifs is 16. The zero-order chi connectivity index (χ0) is 62.3. The van der Waals surface area contributed by atoms with Crippen molar-refractivity contribution in [3.63, 3.8) is 0 Å². The third-order valence-corrected chi connectivity index (χ3v) is 24.1. The maximum Gasteiger partial charge on any atom is 0.221 e. The van der Waals surface area contributed by atoms with Gasteiger partial charge in [-0.15, -0.1) is 0 Å². The van der Waals surface area contributed by atoms with Crippen LogP contribution >= 0.6 is 0 Å². The van der Waals surface area contributed by atoms with Crippen molar-refractivity contribution in [2.75, 3.05) is 0 Å². The highest BCUT2D eigenvalue weighted by Crippen LogP contribution is 2.38. The highest BCUT2D eigenvalue weighted by atomic mass is 28.3. The van der Waals surface area contributed by atoms with Crippen LogP contribution in [0, 0.1) is 0 Å². The molecule has 0 amide bonds. The third kappa shape index (κ3) is 7.81. The maximum absolute atomic E-state index is 5.58. The van der Waals surface area contributed by atoms with Gasteiger partial charge in [0.1, 0.15) is 23.3 Å². The molecule has 13 heteroatoms. The molecule has 0 aliphatic heterocycles. The van der Waals surface area contributed by atoms with Crippen molar-refractivity contribution in [2.24, 2.45) is 0 Å². The number of para-hydroxylation sites is 12. The summed E-state index contributed by atoms with van der Waals surface area (Å²) in [6.07, 6.45) is 0. The number of nitrogens with zero attached hydrogens (tertiary/aromatic N) is 12. The molecule has 12 aromatic carbocycles. The van der Waals surface area contributed by atoms with Crippen molar-refractivity contribution in [2.45, 2.75) is 0 Å². The van der Waals surface area contributed by atoms with Crippen molar-refractivity contribution in [3.8, 4) is 46.0 Å². The fraction of sp³-hybridized carbons (Fsp3) is 0. The summed E-state index contributed by atoms with van der Waals surface area (Å²) in [6.45, 7) is 0. The minimum atomic E-state index is -3.16. The predicted molar refractivity (Wildman–Crippen MR) is 387 cm³/mol. The first-order chi connectivity index (χ1) is 47.1. The molecule has 0 fully saturated rings. The largest absolute Gasteiger partial charge is 0.294 e. The number of imidazole rings is 4. The van der Waals surface area contributed by atoms with Crippen LogP contribution < -0.4 is 20.7 Å². The maximum atomic E-state index is 5.58. The molecule has 8 aromatic heterocycles. The van der Waals surface area contributed by atoms with Crippen LogP contribution in [0.25, 0.3) is 145 Å². The van der Waals surface area contributed by atoms with E-state index in [0.29, 0.717) is 23.3 Å². The molecule has 95 heavy (non-hydrogen) atoms. The fourth-order valence-corrected chi connectivity index (χ4v) is 19.9. The fourth-order valence-electron chi connectivity index (χ4n) is 15.2. The van der Waals surface area contributed by atoms with E-state index in [0.717, 1.165) is 122 Å². The third-order valence-electron chi connectivity index (χ3n) is 19.3. The first-order valence-electron chi connectivity index (χ1n) is 31.9. The Kier molecular flexibility index (Phi) is 11.5. The molecule has 0 saturated carbocycles. The van der Waals surface area contributed by atoms with Gasteiger partial charge in [-0.1, -0.05) is 231 Å². The molecular weight excluding hydrogens is 1180 g/mol. The summed E-state index contributed by atoms with van der Waals surface area (Å²) in [5.41, 5.74) is 13.9. The normalized spacial score (nSPS) is 12.2. The van der Waals surface area contributed by atoms with Gasteiger partial charge in [0.25, 0.3) is 0 Å². The van der Waals surface area contributed by atoms with E-state index < -0.39 is 8.07 Å². The highest BCUT2D eigenvalue weighted by molar-refractivity contribution is 7.19. The first kappa shape index (κ1) is 52.9. The van der Waals surface area contributed by atoms with Crippen molar-refractivity contribution < 1.29 is 0 Å². The topological polar surface area (TPSA) is 106 Å². The molecule has 0 spiro atoms. The lowest BCUT2D eigenvalue weighted by atomic mass is 10.2. The zero-order valence-corrected chi connectivity index (χ0v) is 51.9. The van der Waals surface area contributed by atoms with E-state index in [1.807, 2.05) is 12.1 Å². The van der Waals surface area contributed by atoms with E-state index in [2.05, 4.69) is 330 Å². The Morgan fingerprint density at radius 3 is 0.842 bits per heavy atom. The smallest absolute Gasteiger partial charge is 0.221 e. The molecular formula is C82H52N12Si. The molecule has 0 unspecified atom stereocenters. The van der Waals surface area contributed by atoms with Gasteiger partial charge in [0, 0.05) is 44.8 Å². The van der Waals surface area contributed by atoms with E-state index >= 15 is 0 Å². The molecule has 0 bridgehead atoms. The lowest BCUT2D eigenvalue weighted by molar-refractivity contribution is 0.980. The van der Waals surface area contributed by atoms with Crippen LogP contribution in [0.15, 0.2) is 315 Å². The zero-order valence-electron chi connectivity index (χ0n) is 50.9. The number of rotatable bonds is 10. The lowest BCUT2D eigenvalue weighted by Gasteiger charge is -2.34. The van der Waals surface area contributed by atoms with Gasteiger partial charge in [0.05, 0.1) is 66.2 Å². The van der Waals surface area contributed by atoms with Crippen LogP contribution in [0.1, 0.15) is 0 Å². The molecule has 12 nitrogen and oxygen atoms in total. The van der Waals surface area contributed by atoms with Gasteiger partial charge in [-0.05, 0) is 93.5 Å². The van der Waals surface area contributed by atoms with E-state index in [1.165, 1.54) is 20.7 Å². The Hall–Kier alpha value is -12.8. The number of hydrogen-bond donors (Lipinski definition) is 0. The standard InChI is InChI=1S/C82H52N12Si/c1-3-23-55(24-4-1)95(56-25-5-2-6-26-56,57-47-43-53(44-48-57)79-85-75(89-65-33-13-7-27-59(65)60-28-8-14-34-66(60)89)51-77(87-79)93-73-41-21-19-39-71(73)91-69-37-17-11-31-63(69)83-81(91)93)58-49-45-54(46-50-58)80-86-76(90-67-35-15-9-29-61(67)62-30-10-16-36-68(62)90)52-78(88-80)94-74-42-22-20-40-72(74)92-70-38-18-12-32-64(70)84-82(92)94/h1-52H. The molecule has 0 aliphatic carbocycles. The Labute approximate surface area is 543 Å². The summed E-state index contributed by atoms with van der Waals surface area (Å²) in [5.74, 6) is 5.63. The van der Waals surface area contributed by atoms with Gasteiger partial charge in [-0.3, -0.25) is 27.1 Å². The van der Waals surface area contributed by atoms with E-state index in [4.69, 9.17) is 29.9 Å². The molecule has 20 aromatic rings. The molecule has 20 rings (SSSR count). The minimum absolute atomic E-state index is 0.589. The van der Waals surface area contributed by atoms with Crippen LogP contribution in [0.2, 0.25) is 0 Å². The van der Waals surface area contributed by atoms with Gasteiger partial charge in [0.2, 0.25) is 11.6 Å². The van der Waals surface area contributed by atoms with Crippen molar-refractivity contribution >= 4 is 128 Å². The molecule has 8 heterocycles. The van der Waals surface area contributed by atoms with E-state index in [-0.39, 0.29) is 0 Å². The summed E-state index contributed by atoms with van der Waals surface area (Å²) in [7, 11) is -3.16. The van der Waals surface area contributed by atoms with Gasteiger partial charge in [-0.25, -0.2) is 29.9 Å². The number of hydrogen-bond acceptors (Lipinski definition) is 6. The molecule has 0 N–H and O–H groups in total. The average molecular weight is 1230 g/mol. The molecule has 444 valence electrons. The summed E-state index contributed by atoms with van der Waals surface area (Å²) in [4.78, 5) is 32.9. The summed E-state index contributed by atoms with van der Waals surface area (Å²) in [6, 6.07) is 112. The van der Waals surface area contributed by atoms with Crippen LogP contribution in [-0.4, -0.2) is 65.0 Å². The van der Waals surface area contributed by atoms with Crippen LogP contribution in [-0.2, 0) is 0 Å². The Bertz CT molecular complexity index is 5970. The van der Waals surface area contributed by atoms with Crippen molar-refractivity contribution in [1.29, 1.82) is 0 Å². The second kappa shape index (κ2) is 20.6. The highest BCUT2D eigenvalue weighted by Gasteiger charge is 2.41. The van der Waals surface area contributed by atoms with Gasteiger partial charge >= 0.3 is 0 Å². The number of aromatic nitrogens is 12. The Morgan fingerprint density at radius 1 is 0.211 bits per heavy atom. The van der Waals surface area contributed by atoms with Gasteiger partial charge in [-0.2, -0.15) is 0 Å². The molecule has 0 radical (unpaired) electrons. The molecule has 0 saturated heterocycles. The summed E-state index contributed by atoms with van der Waals surface area (Å²) < 4.78 is 13.4. The van der Waals surface area contributed by atoms with Gasteiger partial charge < -0.3 is 0 Å². The quantitative estimate of drug-likeness (QED) is 0.0997. The SMILES string of the molecule is c1ccc([Si](c2ccccc2)(c2ccc(-c3nc(-n4c5ccccc5c5ccccc54)cc(-n4c5ccccc5n5c6ccccc6nc45)n3)cc2)c2ccc(-c3nc(-n4c5ccccc5c5ccccc54)cc(-n4c5ccccc5n5c6ccccc6nc45)n3)cc2)cc1. The second-order valence-corrected chi connectivity index (χ2v) is 28.1. The number of benzene rings is 12.